The lowest BCUT2D eigenvalue weighted by Gasteiger charge is -2.09. The molecule has 0 aromatic heterocycles. The zero-order valence-electron chi connectivity index (χ0n) is 13.0. The number of aliphatic carboxylic acids is 1. The fourth-order valence-corrected chi connectivity index (χ4v) is 1.80. The second-order valence-electron chi connectivity index (χ2n) is 5.47. The number of hydrogen-bond acceptors (Lipinski definition) is 2. The van der Waals surface area contributed by atoms with Crippen LogP contribution < -0.4 is 0 Å². The Balaban J connectivity index is 3.92. The number of allylic oxidation sites excluding steroid dienone is 4. The summed E-state index contributed by atoms with van der Waals surface area (Å²) < 4.78 is 0. The molecule has 0 aliphatic carbocycles. The molecule has 0 heterocycles. The van der Waals surface area contributed by atoms with E-state index in [0.29, 0.717) is 6.42 Å². The van der Waals surface area contributed by atoms with E-state index >= 15 is 0 Å². The first kappa shape index (κ1) is 18.7. The SMILES string of the molecule is C=C(C)C(O)CCC(C)=CCCC(C)=CCCC(=O)O. The predicted octanol–water partition coefficient (Wildman–Crippen LogP) is 4.24. The van der Waals surface area contributed by atoms with Gasteiger partial charge in [-0.2, -0.15) is 0 Å². The minimum atomic E-state index is -0.749. The normalized spacial score (nSPS) is 14.2. The molecule has 0 saturated heterocycles. The van der Waals surface area contributed by atoms with Crippen molar-refractivity contribution in [3.63, 3.8) is 0 Å². The standard InChI is InChI=1S/C17H28O3/c1-13(2)16(18)12-11-15(4)8-5-7-14(3)9-6-10-17(19)20/h8-9,16,18H,1,5-7,10-12H2,2-4H3,(H,19,20). The van der Waals surface area contributed by atoms with Crippen molar-refractivity contribution in [2.75, 3.05) is 0 Å². The van der Waals surface area contributed by atoms with Crippen molar-refractivity contribution in [2.24, 2.45) is 0 Å². The van der Waals surface area contributed by atoms with Gasteiger partial charge in [0.25, 0.3) is 0 Å². The maximum atomic E-state index is 10.4. The summed E-state index contributed by atoms with van der Waals surface area (Å²) in [6.07, 6.45) is 8.13. The summed E-state index contributed by atoms with van der Waals surface area (Å²) in [6, 6.07) is 0. The topological polar surface area (TPSA) is 57.5 Å². The number of carbonyl (C=O) groups is 1. The van der Waals surface area contributed by atoms with Crippen LogP contribution in [0.25, 0.3) is 0 Å². The Morgan fingerprint density at radius 2 is 1.55 bits per heavy atom. The predicted molar refractivity (Wildman–Crippen MR) is 83.7 cm³/mol. The smallest absolute Gasteiger partial charge is 0.303 e. The van der Waals surface area contributed by atoms with Gasteiger partial charge in [0.15, 0.2) is 0 Å². The maximum absolute atomic E-state index is 10.4. The van der Waals surface area contributed by atoms with Crippen LogP contribution in [0.2, 0.25) is 0 Å². The molecule has 1 unspecified atom stereocenters. The number of aliphatic hydroxyl groups is 1. The Kier molecular flexibility index (Phi) is 9.73. The van der Waals surface area contributed by atoms with E-state index in [0.717, 1.165) is 31.3 Å². The van der Waals surface area contributed by atoms with Gasteiger partial charge in [-0.15, -0.1) is 0 Å². The number of rotatable bonds is 10. The van der Waals surface area contributed by atoms with Crippen LogP contribution in [0.15, 0.2) is 35.5 Å². The van der Waals surface area contributed by atoms with Gasteiger partial charge in [0, 0.05) is 6.42 Å². The number of carboxylic acids is 1. The van der Waals surface area contributed by atoms with Crippen LogP contribution in [-0.4, -0.2) is 22.3 Å². The van der Waals surface area contributed by atoms with Crippen molar-refractivity contribution in [2.45, 2.75) is 65.4 Å². The molecule has 114 valence electrons. The number of aliphatic hydroxyl groups excluding tert-OH is 1. The van der Waals surface area contributed by atoms with Crippen LogP contribution in [0, 0.1) is 0 Å². The third-order valence-electron chi connectivity index (χ3n) is 3.26. The first-order valence-electron chi connectivity index (χ1n) is 7.19. The largest absolute Gasteiger partial charge is 0.481 e. The first-order chi connectivity index (χ1) is 9.32. The van der Waals surface area contributed by atoms with Crippen LogP contribution in [0.1, 0.15) is 59.3 Å². The highest BCUT2D eigenvalue weighted by atomic mass is 16.4. The zero-order chi connectivity index (χ0) is 15.5. The molecule has 0 spiro atoms. The van der Waals surface area contributed by atoms with E-state index in [-0.39, 0.29) is 6.42 Å². The zero-order valence-corrected chi connectivity index (χ0v) is 13.0. The van der Waals surface area contributed by atoms with E-state index in [9.17, 15) is 9.90 Å². The van der Waals surface area contributed by atoms with Crippen LogP contribution >= 0.6 is 0 Å². The Labute approximate surface area is 122 Å². The molecular formula is C17H28O3. The number of hydrogen-bond donors (Lipinski definition) is 2. The molecule has 0 aliphatic heterocycles. The van der Waals surface area contributed by atoms with Crippen molar-refractivity contribution >= 4 is 5.97 Å². The molecular weight excluding hydrogens is 252 g/mol. The fraction of sp³-hybridized carbons (Fsp3) is 0.588. The van der Waals surface area contributed by atoms with E-state index in [1.165, 1.54) is 11.1 Å². The molecule has 20 heavy (non-hydrogen) atoms. The molecule has 2 N–H and O–H groups in total. The van der Waals surface area contributed by atoms with E-state index in [4.69, 9.17) is 5.11 Å². The summed E-state index contributed by atoms with van der Waals surface area (Å²) in [5, 5.41) is 18.2. The van der Waals surface area contributed by atoms with Crippen LogP contribution in [0.4, 0.5) is 0 Å². The molecule has 0 saturated carbocycles. The van der Waals surface area contributed by atoms with Crippen LogP contribution in [0.3, 0.4) is 0 Å². The van der Waals surface area contributed by atoms with Crippen molar-refractivity contribution in [1.29, 1.82) is 0 Å². The van der Waals surface area contributed by atoms with Crippen molar-refractivity contribution in [3.05, 3.63) is 35.5 Å². The summed E-state index contributed by atoms with van der Waals surface area (Å²) in [7, 11) is 0. The molecule has 0 amide bonds. The molecule has 0 radical (unpaired) electrons. The van der Waals surface area contributed by atoms with Gasteiger partial charge < -0.3 is 10.2 Å². The summed E-state index contributed by atoms with van der Waals surface area (Å²) in [5.74, 6) is -0.749. The van der Waals surface area contributed by atoms with E-state index in [1.54, 1.807) is 0 Å². The van der Waals surface area contributed by atoms with Gasteiger partial charge in [-0.25, -0.2) is 0 Å². The number of carboxylic acid groups (broad SMARTS) is 1. The van der Waals surface area contributed by atoms with Gasteiger partial charge in [0.05, 0.1) is 6.10 Å². The second-order valence-corrected chi connectivity index (χ2v) is 5.47. The van der Waals surface area contributed by atoms with Crippen LogP contribution in [-0.2, 0) is 4.79 Å². The fourth-order valence-electron chi connectivity index (χ4n) is 1.80. The second kappa shape index (κ2) is 10.4. The first-order valence-corrected chi connectivity index (χ1v) is 7.19. The molecule has 1 atom stereocenters. The molecule has 0 bridgehead atoms. The lowest BCUT2D eigenvalue weighted by atomic mass is 10.0. The molecule has 0 aromatic rings. The summed E-state index contributed by atoms with van der Waals surface area (Å²) in [5.41, 5.74) is 3.33. The van der Waals surface area contributed by atoms with Crippen molar-refractivity contribution in [1.82, 2.24) is 0 Å². The van der Waals surface area contributed by atoms with Gasteiger partial charge in [-0.3, -0.25) is 4.79 Å². The summed E-state index contributed by atoms with van der Waals surface area (Å²) >= 11 is 0. The Morgan fingerprint density at radius 1 is 1.05 bits per heavy atom. The highest BCUT2D eigenvalue weighted by molar-refractivity contribution is 5.66. The monoisotopic (exact) mass is 280 g/mol. The lowest BCUT2D eigenvalue weighted by molar-refractivity contribution is -0.136. The third kappa shape index (κ3) is 10.6. The quantitative estimate of drug-likeness (QED) is 0.588. The minimum absolute atomic E-state index is 0.199. The van der Waals surface area contributed by atoms with E-state index in [1.807, 2.05) is 19.9 Å². The molecule has 0 rings (SSSR count). The molecule has 0 aromatic carbocycles. The molecule has 3 nitrogen and oxygen atoms in total. The maximum Gasteiger partial charge on any atom is 0.303 e. The van der Waals surface area contributed by atoms with Crippen molar-refractivity contribution < 1.29 is 15.0 Å². The third-order valence-corrected chi connectivity index (χ3v) is 3.26. The molecule has 3 heteroatoms. The molecule has 0 aliphatic rings. The van der Waals surface area contributed by atoms with Gasteiger partial charge in [-0.05, 0) is 52.9 Å². The summed E-state index contributed by atoms with van der Waals surface area (Å²) in [6.45, 7) is 9.70. The Bertz CT molecular complexity index is 378. The minimum Gasteiger partial charge on any atom is -0.481 e. The van der Waals surface area contributed by atoms with Gasteiger partial charge in [-0.1, -0.05) is 35.5 Å². The average Bonchev–Trinajstić information content (AvgIpc) is 2.35. The van der Waals surface area contributed by atoms with Crippen LogP contribution in [0.5, 0.6) is 0 Å². The van der Waals surface area contributed by atoms with Gasteiger partial charge in [0.2, 0.25) is 0 Å². The highest BCUT2D eigenvalue weighted by Gasteiger charge is 2.04. The highest BCUT2D eigenvalue weighted by Crippen LogP contribution is 2.14. The molecule has 0 fully saturated rings. The Morgan fingerprint density at radius 3 is 2.05 bits per heavy atom. The van der Waals surface area contributed by atoms with Gasteiger partial charge in [0.1, 0.15) is 0 Å². The van der Waals surface area contributed by atoms with Gasteiger partial charge >= 0.3 is 5.97 Å². The van der Waals surface area contributed by atoms with E-state index < -0.39 is 12.1 Å². The van der Waals surface area contributed by atoms with Crippen molar-refractivity contribution in [3.8, 4) is 0 Å². The van der Waals surface area contributed by atoms with E-state index in [2.05, 4.69) is 19.6 Å². The average molecular weight is 280 g/mol. The Hall–Kier alpha value is -1.35. The lowest BCUT2D eigenvalue weighted by Crippen LogP contribution is -2.06. The summed E-state index contributed by atoms with van der Waals surface area (Å²) in [4.78, 5) is 10.4.